The Labute approximate surface area is 99.8 Å². The molecule has 1 heterocycles. The van der Waals surface area contributed by atoms with Crippen LogP contribution in [0.4, 0.5) is 22.0 Å². The van der Waals surface area contributed by atoms with Crippen LogP contribution in [0.15, 0.2) is 6.07 Å². The quantitative estimate of drug-likeness (QED) is 0.415. The first-order valence-electron chi connectivity index (χ1n) is 3.44. The van der Waals surface area contributed by atoms with E-state index in [-0.39, 0.29) is 0 Å². The lowest BCUT2D eigenvalue weighted by molar-refractivity contribution is -0.141. The summed E-state index contributed by atoms with van der Waals surface area (Å²) in [6.45, 7) is 0. The molecule has 1 aromatic heterocycles. The van der Waals surface area contributed by atoms with Crippen LogP contribution in [0.1, 0.15) is 17.7 Å². The Balaban J connectivity index is 3.32. The van der Waals surface area contributed by atoms with Gasteiger partial charge >= 0.3 is 6.18 Å². The van der Waals surface area contributed by atoms with E-state index in [1.54, 1.807) is 0 Å². The molecule has 1 rings (SSSR count). The molecular weight excluding hydrogens is 355 g/mol. The van der Waals surface area contributed by atoms with Gasteiger partial charge in [0, 0.05) is 0 Å². The number of rotatable bonds is 1. The van der Waals surface area contributed by atoms with Gasteiger partial charge in [0.25, 0.3) is 6.43 Å². The molecule has 0 aromatic carbocycles. The van der Waals surface area contributed by atoms with E-state index in [1.165, 1.54) is 22.6 Å². The standard InChI is InChI=1S/C7H2ClF5IN/c8-3-1-2(5(9)10)6(14)15-4(3)7(11,12)13/h1,5H. The predicted octanol–water partition coefficient (Wildman–Crippen LogP) is 4.30. The fourth-order valence-electron chi connectivity index (χ4n) is 0.832. The van der Waals surface area contributed by atoms with Crippen molar-refractivity contribution in [2.75, 3.05) is 0 Å². The van der Waals surface area contributed by atoms with Gasteiger partial charge in [-0.05, 0) is 28.7 Å². The number of aromatic nitrogens is 1. The summed E-state index contributed by atoms with van der Waals surface area (Å²) in [4.78, 5) is 3.01. The lowest BCUT2D eigenvalue weighted by Crippen LogP contribution is -2.11. The Morgan fingerprint density at radius 2 is 1.87 bits per heavy atom. The summed E-state index contributed by atoms with van der Waals surface area (Å²) >= 11 is 6.52. The van der Waals surface area contributed by atoms with Crippen LogP contribution in [0.25, 0.3) is 0 Å². The van der Waals surface area contributed by atoms with Crippen molar-refractivity contribution in [1.82, 2.24) is 4.98 Å². The van der Waals surface area contributed by atoms with Crippen molar-refractivity contribution in [2.24, 2.45) is 0 Å². The Hall–Kier alpha value is -0.180. The summed E-state index contributed by atoms with van der Waals surface area (Å²) < 4.78 is 60.8. The first kappa shape index (κ1) is 12.9. The van der Waals surface area contributed by atoms with Gasteiger partial charge in [0.15, 0.2) is 5.69 Å². The van der Waals surface area contributed by atoms with Gasteiger partial charge in [0.05, 0.1) is 10.6 Å². The van der Waals surface area contributed by atoms with Crippen molar-refractivity contribution in [2.45, 2.75) is 12.6 Å². The average Bonchev–Trinajstić information content (AvgIpc) is 2.06. The highest BCUT2D eigenvalue weighted by Gasteiger charge is 2.36. The first-order valence-corrected chi connectivity index (χ1v) is 4.90. The third-order valence-corrected chi connectivity index (χ3v) is 2.61. The highest BCUT2D eigenvalue weighted by Crippen LogP contribution is 2.36. The number of pyridine rings is 1. The molecule has 0 saturated carbocycles. The second-order valence-electron chi connectivity index (χ2n) is 2.50. The molecule has 0 atom stereocenters. The SMILES string of the molecule is FC(F)c1cc(Cl)c(C(F)(F)F)nc1I. The summed E-state index contributed by atoms with van der Waals surface area (Å²) in [5.41, 5.74) is -1.95. The van der Waals surface area contributed by atoms with Crippen molar-refractivity contribution in [3.8, 4) is 0 Å². The van der Waals surface area contributed by atoms with Gasteiger partial charge < -0.3 is 0 Å². The first-order chi connectivity index (χ1) is 6.73. The minimum absolute atomic E-state index is 0.403. The van der Waals surface area contributed by atoms with Crippen molar-refractivity contribution in [3.05, 3.63) is 26.0 Å². The fourth-order valence-corrected chi connectivity index (χ4v) is 1.73. The van der Waals surface area contributed by atoms with E-state index < -0.39 is 32.6 Å². The topological polar surface area (TPSA) is 12.9 Å². The van der Waals surface area contributed by atoms with Crippen molar-refractivity contribution >= 4 is 34.2 Å². The van der Waals surface area contributed by atoms with Crippen molar-refractivity contribution in [1.29, 1.82) is 0 Å². The summed E-state index contributed by atoms with van der Waals surface area (Å²) in [5.74, 6) is 0. The van der Waals surface area contributed by atoms with E-state index in [9.17, 15) is 22.0 Å². The molecule has 15 heavy (non-hydrogen) atoms. The zero-order chi connectivity index (χ0) is 11.8. The van der Waals surface area contributed by atoms with Gasteiger partial charge in [0.2, 0.25) is 0 Å². The van der Waals surface area contributed by atoms with Crippen LogP contribution in [-0.4, -0.2) is 4.98 Å². The predicted molar refractivity (Wildman–Crippen MR) is 51.9 cm³/mol. The van der Waals surface area contributed by atoms with E-state index >= 15 is 0 Å². The fraction of sp³-hybridized carbons (Fsp3) is 0.286. The van der Waals surface area contributed by atoms with Crippen LogP contribution >= 0.6 is 34.2 Å². The average molecular weight is 357 g/mol. The highest BCUT2D eigenvalue weighted by atomic mass is 127. The van der Waals surface area contributed by atoms with E-state index in [2.05, 4.69) is 4.98 Å². The summed E-state index contributed by atoms with van der Waals surface area (Å²) in [5, 5.41) is -0.821. The number of hydrogen-bond acceptors (Lipinski definition) is 1. The Bertz CT molecular complexity index is 378. The van der Waals surface area contributed by atoms with Crippen molar-refractivity contribution < 1.29 is 22.0 Å². The molecule has 0 bridgehead atoms. The molecule has 0 amide bonds. The molecule has 0 aliphatic rings. The normalized spacial score (nSPS) is 12.3. The third-order valence-electron chi connectivity index (χ3n) is 1.46. The highest BCUT2D eigenvalue weighted by molar-refractivity contribution is 14.1. The largest absolute Gasteiger partial charge is 0.434 e. The summed E-state index contributed by atoms with van der Waals surface area (Å²) in [7, 11) is 0. The molecule has 0 aliphatic carbocycles. The Morgan fingerprint density at radius 3 is 2.27 bits per heavy atom. The molecule has 0 aliphatic heterocycles. The summed E-state index contributed by atoms with van der Waals surface area (Å²) in [6, 6.07) is 0.587. The Morgan fingerprint density at radius 1 is 1.33 bits per heavy atom. The second-order valence-corrected chi connectivity index (χ2v) is 3.93. The van der Waals surface area contributed by atoms with E-state index in [4.69, 9.17) is 11.6 Å². The molecule has 1 nitrogen and oxygen atoms in total. The van der Waals surface area contributed by atoms with Gasteiger partial charge in [-0.25, -0.2) is 13.8 Å². The molecule has 0 spiro atoms. The number of halogens is 7. The van der Waals surface area contributed by atoms with Crippen LogP contribution < -0.4 is 0 Å². The maximum absolute atomic E-state index is 12.3. The third kappa shape index (κ3) is 2.90. The monoisotopic (exact) mass is 357 g/mol. The number of nitrogens with zero attached hydrogens (tertiary/aromatic N) is 1. The van der Waals surface area contributed by atoms with Gasteiger partial charge in [-0.2, -0.15) is 13.2 Å². The van der Waals surface area contributed by atoms with Crippen LogP contribution in [0.2, 0.25) is 5.02 Å². The molecule has 1 aromatic rings. The van der Waals surface area contributed by atoms with Gasteiger partial charge in [-0.3, -0.25) is 0 Å². The van der Waals surface area contributed by atoms with Gasteiger partial charge in [-0.15, -0.1) is 0 Å². The maximum atomic E-state index is 12.3. The minimum atomic E-state index is -4.74. The zero-order valence-corrected chi connectivity index (χ0v) is 9.66. The summed E-state index contributed by atoms with van der Waals surface area (Å²) in [6.07, 6.45) is -7.64. The van der Waals surface area contributed by atoms with E-state index in [1.807, 2.05) is 0 Å². The smallest absolute Gasteiger partial charge is 0.235 e. The Kier molecular flexibility index (Phi) is 3.75. The van der Waals surface area contributed by atoms with Crippen LogP contribution in [0.5, 0.6) is 0 Å². The van der Waals surface area contributed by atoms with E-state index in [0.29, 0.717) is 6.07 Å². The molecular formula is C7H2ClF5IN. The number of hydrogen-bond donors (Lipinski definition) is 0. The minimum Gasteiger partial charge on any atom is -0.235 e. The zero-order valence-electron chi connectivity index (χ0n) is 6.75. The van der Waals surface area contributed by atoms with Crippen LogP contribution in [0, 0.1) is 3.70 Å². The van der Waals surface area contributed by atoms with Gasteiger partial charge in [-0.1, -0.05) is 11.6 Å². The molecule has 8 heteroatoms. The second kappa shape index (κ2) is 4.36. The molecule has 0 radical (unpaired) electrons. The molecule has 0 saturated heterocycles. The van der Waals surface area contributed by atoms with Crippen LogP contribution in [-0.2, 0) is 6.18 Å². The van der Waals surface area contributed by atoms with Crippen LogP contribution in [0.3, 0.4) is 0 Å². The van der Waals surface area contributed by atoms with E-state index in [0.717, 1.165) is 0 Å². The lowest BCUT2D eigenvalue weighted by atomic mass is 10.2. The maximum Gasteiger partial charge on any atom is 0.434 e. The van der Waals surface area contributed by atoms with Gasteiger partial charge in [0.1, 0.15) is 3.70 Å². The molecule has 0 unspecified atom stereocenters. The van der Waals surface area contributed by atoms with Crippen molar-refractivity contribution in [3.63, 3.8) is 0 Å². The number of alkyl halides is 5. The molecule has 0 fully saturated rings. The molecule has 84 valence electrons. The molecule has 0 N–H and O–H groups in total. The lowest BCUT2D eigenvalue weighted by Gasteiger charge is -2.10.